The van der Waals surface area contributed by atoms with Gasteiger partial charge in [-0.3, -0.25) is 0 Å². The number of nitrogen functional groups attached to an aromatic ring is 1. The van der Waals surface area contributed by atoms with Gasteiger partial charge in [-0.2, -0.15) is 4.98 Å². The number of rotatable bonds is 1. The average molecular weight is 277 g/mol. The van der Waals surface area contributed by atoms with E-state index in [2.05, 4.69) is 36.1 Å². The van der Waals surface area contributed by atoms with Crippen molar-refractivity contribution >= 4 is 17.5 Å². The fraction of sp³-hybridized carbons (Fsp3) is 0.429. The van der Waals surface area contributed by atoms with Gasteiger partial charge in [-0.1, -0.05) is 17.7 Å². The third kappa shape index (κ3) is 2.10. The fourth-order valence-electron chi connectivity index (χ4n) is 2.99. The summed E-state index contributed by atoms with van der Waals surface area (Å²) in [6.45, 7) is 4.30. The molecule has 0 fully saturated rings. The highest BCUT2D eigenvalue weighted by Crippen LogP contribution is 2.39. The quantitative estimate of drug-likeness (QED) is 0.871. The van der Waals surface area contributed by atoms with Crippen molar-refractivity contribution in [1.82, 2.24) is 14.8 Å². The molecule has 0 radical (unpaired) electrons. The molecule has 5 heteroatoms. The van der Waals surface area contributed by atoms with E-state index in [1.807, 2.05) is 10.7 Å². The lowest BCUT2D eigenvalue weighted by Gasteiger charge is -2.30. The second kappa shape index (κ2) is 4.53. The van der Waals surface area contributed by atoms with Gasteiger partial charge in [-0.15, -0.1) is 5.10 Å². The Bertz CT molecular complexity index is 620. The summed E-state index contributed by atoms with van der Waals surface area (Å²) in [6.07, 6.45) is 1.96. The van der Waals surface area contributed by atoms with E-state index < -0.39 is 0 Å². The number of hydrogen-bond acceptors (Lipinski definition) is 3. The van der Waals surface area contributed by atoms with Crippen molar-refractivity contribution in [1.29, 1.82) is 0 Å². The molecule has 4 nitrogen and oxygen atoms in total. The van der Waals surface area contributed by atoms with Crippen molar-refractivity contribution in [2.45, 2.75) is 38.6 Å². The van der Waals surface area contributed by atoms with Gasteiger partial charge in [-0.05, 0) is 43.5 Å². The topological polar surface area (TPSA) is 56.7 Å². The first kappa shape index (κ1) is 12.5. The van der Waals surface area contributed by atoms with E-state index in [0.717, 1.165) is 23.7 Å². The van der Waals surface area contributed by atoms with Crippen LogP contribution < -0.4 is 5.73 Å². The van der Waals surface area contributed by atoms with Crippen LogP contribution in [0.1, 0.15) is 42.3 Å². The number of aryl methyl sites for hydroxylation is 2. The molecule has 2 unspecified atom stereocenters. The molecular formula is C14H17ClN4. The van der Waals surface area contributed by atoms with Crippen LogP contribution in [0.3, 0.4) is 0 Å². The van der Waals surface area contributed by atoms with Crippen molar-refractivity contribution < 1.29 is 0 Å². The number of aromatic nitrogens is 3. The summed E-state index contributed by atoms with van der Waals surface area (Å²) in [4.78, 5) is 4.27. The van der Waals surface area contributed by atoms with Crippen LogP contribution in [-0.4, -0.2) is 14.8 Å². The molecule has 1 aromatic carbocycles. The predicted octanol–water partition coefficient (Wildman–Crippen LogP) is 3.11. The zero-order valence-electron chi connectivity index (χ0n) is 11.1. The van der Waals surface area contributed by atoms with E-state index in [1.165, 1.54) is 11.1 Å². The Labute approximate surface area is 117 Å². The maximum absolute atomic E-state index is 6.13. The number of fused-ring (bicyclic) bond motifs is 1. The van der Waals surface area contributed by atoms with Crippen LogP contribution >= 0.6 is 11.6 Å². The number of nitrogens with two attached hydrogens (primary N) is 1. The molecule has 100 valence electrons. The van der Waals surface area contributed by atoms with Crippen LogP contribution in [0.4, 0.5) is 5.95 Å². The minimum atomic E-state index is 0.255. The Kier molecular flexibility index (Phi) is 2.97. The van der Waals surface area contributed by atoms with Crippen molar-refractivity contribution in [3.05, 3.63) is 40.2 Å². The van der Waals surface area contributed by atoms with E-state index in [4.69, 9.17) is 17.3 Å². The summed E-state index contributed by atoms with van der Waals surface area (Å²) < 4.78 is 1.96. The molecule has 0 bridgehead atoms. The second-order valence-corrected chi connectivity index (χ2v) is 5.65. The van der Waals surface area contributed by atoms with Crippen LogP contribution in [0, 0.1) is 6.92 Å². The number of benzene rings is 1. The highest BCUT2D eigenvalue weighted by molar-refractivity contribution is 6.30. The zero-order valence-corrected chi connectivity index (χ0v) is 11.9. The number of anilines is 1. The van der Waals surface area contributed by atoms with Crippen LogP contribution in [-0.2, 0) is 6.42 Å². The molecule has 19 heavy (non-hydrogen) atoms. The smallest absolute Gasteiger partial charge is 0.239 e. The second-order valence-electron chi connectivity index (χ2n) is 5.22. The molecule has 2 N–H and O–H groups in total. The largest absolute Gasteiger partial charge is 0.366 e. The minimum absolute atomic E-state index is 0.255. The summed E-state index contributed by atoms with van der Waals surface area (Å²) in [5, 5.41) is 5.10. The third-order valence-electron chi connectivity index (χ3n) is 4.01. The molecule has 1 aromatic heterocycles. The Balaban J connectivity index is 2.01. The Morgan fingerprint density at radius 3 is 3.00 bits per heavy atom. The monoisotopic (exact) mass is 276 g/mol. The van der Waals surface area contributed by atoms with Gasteiger partial charge in [0.05, 0.1) is 6.04 Å². The SMILES string of the molecule is Cc1ccc(Cl)cc1C1CCc2nc(N)nn2C1C. The van der Waals surface area contributed by atoms with Crippen LogP contribution in [0.2, 0.25) is 5.02 Å². The molecule has 0 saturated carbocycles. The average Bonchev–Trinajstić information content (AvgIpc) is 2.75. The van der Waals surface area contributed by atoms with Gasteiger partial charge in [0.2, 0.25) is 5.95 Å². The lowest BCUT2D eigenvalue weighted by atomic mass is 9.84. The van der Waals surface area contributed by atoms with Crippen LogP contribution in [0.25, 0.3) is 0 Å². The number of halogens is 1. The molecule has 0 amide bonds. The molecule has 0 aliphatic carbocycles. The van der Waals surface area contributed by atoms with Gasteiger partial charge < -0.3 is 5.73 Å². The molecule has 2 heterocycles. The van der Waals surface area contributed by atoms with Crippen molar-refractivity contribution in [2.24, 2.45) is 0 Å². The maximum Gasteiger partial charge on any atom is 0.239 e. The first-order valence-electron chi connectivity index (χ1n) is 6.53. The van der Waals surface area contributed by atoms with E-state index in [-0.39, 0.29) is 6.04 Å². The summed E-state index contributed by atoms with van der Waals surface area (Å²) in [5.74, 6) is 1.76. The van der Waals surface area contributed by atoms with E-state index in [1.54, 1.807) is 0 Å². The first-order chi connectivity index (χ1) is 9.06. The van der Waals surface area contributed by atoms with Crippen molar-refractivity contribution in [3.8, 4) is 0 Å². The normalized spacial score (nSPS) is 22.3. The van der Waals surface area contributed by atoms with Crippen LogP contribution in [0.5, 0.6) is 0 Å². The standard InChI is InChI=1S/C14H17ClN4/c1-8-3-4-10(15)7-12(8)11-5-6-13-17-14(16)18-19(13)9(11)2/h3-4,7,9,11H,5-6H2,1-2H3,(H2,16,18). The maximum atomic E-state index is 6.13. The van der Waals surface area contributed by atoms with Crippen LogP contribution in [0.15, 0.2) is 18.2 Å². The Hall–Kier alpha value is -1.55. The molecule has 2 atom stereocenters. The molecular weight excluding hydrogens is 260 g/mol. The molecule has 1 aliphatic heterocycles. The lowest BCUT2D eigenvalue weighted by Crippen LogP contribution is -2.25. The van der Waals surface area contributed by atoms with E-state index >= 15 is 0 Å². The number of nitrogens with zero attached hydrogens (tertiary/aromatic N) is 3. The molecule has 0 spiro atoms. The lowest BCUT2D eigenvalue weighted by molar-refractivity contribution is 0.338. The summed E-state index contributed by atoms with van der Waals surface area (Å²) in [6, 6.07) is 6.34. The van der Waals surface area contributed by atoms with Gasteiger partial charge >= 0.3 is 0 Å². The van der Waals surface area contributed by atoms with E-state index in [9.17, 15) is 0 Å². The molecule has 1 aliphatic rings. The minimum Gasteiger partial charge on any atom is -0.366 e. The zero-order chi connectivity index (χ0) is 13.6. The molecule has 3 rings (SSSR count). The number of hydrogen-bond donors (Lipinski definition) is 1. The van der Waals surface area contributed by atoms with Gasteiger partial charge in [0, 0.05) is 17.4 Å². The van der Waals surface area contributed by atoms with Gasteiger partial charge in [0.25, 0.3) is 0 Å². The van der Waals surface area contributed by atoms with Gasteiger partial charge in [0.15, 0.2) is 0 Å². The van der Waals surface area contributed by atoms with Crippen molar-refractivity contribution in [3.63, 3.8) is 0 Å². The predicted molar refractivity (Wildman–Crippen MR) is 76.4 cm³/mol. The Morgan fingerprint density at radius 2 is 2.21 bits per heavy atom. The highest BCUT2D eigenvalue weighted by atomic mass is 35.5. The fourth-order valence-corrected chi connectivity index (χ4v) is 3.17. The van der Waals surface area contributed by atoms with Crippen molar-refractivity contribution in [2.75, 3.05) is 5.73 Å². The molecule has 2 aromatic rings. The highest BCUT2D eigenvalue weighted by Gasteiger charge is 2.30. The summed E-state index contributed by atoms with van der Waals surface area (Å²) in [5.41, 5.74) is 8.28. The molecule has 0 saturated heterocycles. The Morgan fingerprint density at radius 1 is 1.42 bits per heavy atom. The first-order valence-corrected chi connectivity index (χ1v) is 6.91. The summed E-state index contributed by atoms with van der Waals surface area (Å²) >= 11 is 6.13. The third-order valence-corrected chi connectivity index (χ3v) is 4.24. The van der Waals surface area contributed by atoms with Gasteiger partial charge in [-0.25, -0.2) is 4.68 Å². The van der Waals surface area contributed by atoms with Gasteiger partial charge in [0.1, 0.15) is 5.82 Å². The van der Waals surface area contributed by atoms with E-state index in [0.29, 0.717) is 11.9 Å². The summed E-state index contributed by atoms with van der Waals surface area (Å²) in [7, 11) is 0.